The molecule has 0 spiro atoms. The molecule has 0 heterocycles. The summed E-state index contributed by atoms with van der Waals surface area (Å²) in [6.45, 7) is 0. The molecule has 0 aliphatic carbocycles. The molecule has 0 saturated carbocycles. The van der Waals surface area contributed by atoms with E-state index in [-0.39, 0.29) is 18.4 Å². The van der Waals surface area contributed by atoms with Crippen molar-refractivity contribution in [3.05, 3.63) is 64.6 Å². The molecule has 0 bridgehead atoms. The molecule has 3 nitrogen and oxygen atoms in total. The zero-order chi connectivity index (χ0) is 14.4. The van der Waals surface area contributed by atoms with E-state index in [2.05, 4.69) is 21.2 Å². The second-order valence-corrected chi connectivity index (χ2v) is 5.31. The fourth-order valence-corrected chi connectivity index (χ4v) is 2.20. The van der Waals surface area contributed by atoms with Crippen LogP contribution in [0.3, 0.4) is 0 Å². The van der Waals surface area contributed by atoms with E-state index >= 15 is 0 Å². The molecule has 0 aromatic heterocycles. The standard InChI is InChI=1S/C16H16BrNO2/c1-20-16(19)11-15(12-5-3-2-4-6-12)18-14-9-7-13(17)8-10-14/h2-10,15,18H,11H2,1H3/t15-/m0/s1. The Hall–Kier alpha value is -1.81. The van der Waals surface area contributed by atoms with Crippen LogP contribution in [0.25, 0.3) is 0 Å². The number of hydrogen-bond acceptors (Lipinski definition) is 3. The van der Waals surface area contributed by atoms with Crippen LogP contribution in [-0.4, -0.2) is 13.1 Å². The summed E-state index contributed by atoms with van der Waals surface area (Å²) in [4.78, 5) is 11.6. The number of benzene rings is 2. The predicted octanol–water partition coefficient (Wildman–Crippen LogP) is 4.17. The number of carbonyl (C=O) groups is 1. The lowest BCUT2D eigenvalue weighted by molar-refractivity contribution is -0.140. The highest BCUT2D eigenvalue weighted by atomic mass is 79.9. The van der Waals surface area contributed by atoms with Crippen LogP contribution in [0.2, 0.25) is 0 Å². The van der Waals surface area contributed by atoms with Gasteiger partial charge in [0.2, 0.25) is 0 Å². The van der Waals surface area contributed by atoms with Gasteiger partial charge in [0.1, 0.15) is 0 Å². The second-order valence-electron chi connectivity index (χ2n) is 4.39. The number of nitrogens with one attached hydrogen (secondary N) is 1. The molecular formula is C16H16BrNO2. The first-order valence-electron chi connectivity index (χ1n) is 6.33. The Bertz CT molecular complexity index is 554. The third-order valence-corrected chi connectivity index (χ3v) is 3.51. The van der Waals surface area contributed by atoms with Gasteiger partial charge in [0.25, 0.3) is 0 Å². The quantitative estimate of drug-likeness (QED) is 0.834. The molecule has 0 unspecified atom stereocenters. The first-order valence-corrected chi connectivity index (χ1v) is 7.12. The van der Waals surface area contributed by atoms with Gasteiger partial charge in [0.15, 0.2) is 0 Å². The van der Waals surface area contributed by atoms with Crippen LogP contribution in [0.5, 0.6) is 0 Å². The van der Waals surface area contributed by atoms with Crippen LogP contribution in [0.1, 0.15) is 18.0 Å². The van der Waals surface area contributed by atoms with Crippen LogP contribution >= 0.6 is 15.9 Å². The van der Waals surface area contributed by atoms with Crippen molar-refractivity contribution in [2.24, 2.45) is 0 Å². The lowest BCUT2D eigenvalue weighted by atomic mass is 10.0. The van der Waals surface area contributed by atoms with E-state index in [1.807, 2.05) is 54.6 Å². The van der Waals surface area contributed by atoms with Gasteiger partial charge in [-0.15, -0.1) is 0 Å². The molecule has 0 aliphatic heterocycles. The van der Waals surface area contributed by atoms with Gasteiger partial charge >= 0.3 is 5.97 Å². The van der Waals surface area contributed by atoms with Crippen LogP contribution < -0.4 is 5.32 Å². The molecule has 0 aliphatic rings. The lowest BCUT2D eigenvalue weighted by Gasteiger charge is -2.19. The van der Waals surface area contributed by atoms with Crippen LogP contribution in [0.4, 0.5) is 5.69 Å². The first-order chi connectivity index (χ1) is 9.69. The van der Waals surface area contributed by atoms with E-state index in [1.54, 1.807) is 0 Å². The third kappa shape index (κ3) is 4.10. The van der Waals surface area contributed by atoms with Crippen molar-refractivity contribution in [1.82, 2.24) is 0 Å². The van der Waals surface area contributed by atoms with Crippen molar-refractivity contribution in [3.8, 4) is 0 Å². The second kappa shape index (κ2) is 7.10. The number of ether oxygens (including phenoxy) is 1. The van der Waals surface area contributed by atoms with Gasteiger partial charge in [-0.25, -0.2) is 0 Å². The molecule has 20 heavy (non-hydrogen) atoms. The molecule has 104 valence electrons. The highest BCUT2D eigenvalue weighted by Gasteiger charge is 2.16. The maximum absolute atomic E-state index is 11.6. The van der Waals surface area contributed by atoms with E-state index in [0.29, 0.717) is 0 Å². The van der Waals surface area contributed by atoms with Crippen molar-refractivity contribution in [3.63, 3.8) is 0 Å². The number of esters is 1. The van der Waals surface area contributed by atoms with Gasteiger partial charge in [0.05, 0.1) is 19.6 Å². The molecule has 2 rings (SSSR count). The van der Waals surface area contributed by atoms with E-state index in [0.717, 1.165) is 15.7 Å². The summed E-state index contributed by atoms with van der Waals surface area (Å²) in [6, 6.07) is 17.6. The van der Waals surface area contributed by atoms with E-state index in [1.165, 1.54) is 7.11 Å². The topological polar surface area (TPSA) is 38.3 Å². The minimum absolute atomic E-state index is 0.107. The molecule has 2 aromatic carbocycles. The molecule has 2 aromatic rings. The van der Waals surface area contributed by atoms with E-state index < -0.39 is 0 Å². The van der Waals surface area contributed by atoms with Crippen molar-refractivity contribution in [2.45, 2.75) is 12.5 Å². The summed E-state index contributed by atoms with van der Waals surface area (Å²) in [7, 11) is 1.41. The zero-order valence-electron chi connectivity index (χ0n) is 11.2. The summed E-state index contributed by atoms with van der Waals surface area (Å²) >= 11 is 3.41. The summed E-state index contributed by atoms with van der Waals surface area (Å²) in [5.74, 6) is -0.233. The highest BCUT2D eigenvalue weighted by molar-refractivity contribution is 9.10. The number of anilines is 1. The van der Waals surface area contributed by atoms with Gasteiger partial charge in [-0.2, -0.15) is 0 Å². The Morgan fingerprint density at radius 3 is 2.40 bits per heavy atom. The van der Waals surface area contributed by atoms with Crippen molar-refractivity contribution in [2.75, 3.05) is 12.4 Å². The van der Waals surface area contributed by atoms with Gasteiger partial charge < -0.3 is 10.1 Å². The average molecular weight is 334 g/mol. The first kappa shape index (κ1) is 14.6. The minimum Gasteiger partial charge on any atom is -0.469 e. The predicted molar refractivity (Wildman–Crippen MR) is 83.6 cm³/mol. The van der Waals surface area contributed by atoms with Crippen LogP contribution in [0.15, 0.2) is 59.1 Å². The normalized spacial score (nSPS) is 11.7. The van der Waals surface area contributed by atoms with Gasteiger partial charge in [-0.3, -0.25) is 4.79 Å². The SMILES string of the molecule is COC(=O)C[C@H](Nc1ccc(Br)cc1)c1ccccc1. The average Bonchev–Trinajstić information content (AvgIpc) is 2.49. The molecule has 0 radical (unpaired) electrons. The number of hydrogen-bond donors (Lipinski definition) is 1. The Morgan fingerprint density at radius 1 is 1.15 bits per heavy atom. The zero-order valence-corrected chi connectivity index (χ0v) is 12.8. The molecular weight excluding hydrogens is 318 g/mol. The highest BCUT2D eigenvalue weighted by Crippen LogP contribution is 2.24. The molecule has 0 amide bonds. The van der Waals surface area contributed by atoms with Crippen molar-refractivity contribution >= 4 is 27.6 Å². The summed E-state index contributed by atoms with van der Waals surface area (Å²) in [6.07, 6.45) is 0.288. The molecule has 0 fully saturated rings. The largest absolute Gasteiger partial charge is 0.469 e. The van der Waals surface area contributed by atoms with Gasteiger partial charge in [-0.1, -0.05) is 46.3 Å². The molecule has 4 heteroatoms. The minimum atomic E-state index is -0.233. The van der Waals surface area contributed by atoms with Crippen LogP contribution in [0, 0.1) is 0 Å². The lowest BCUT2D eigenvalue weighted by Crippen LogP contribution is -2.16. The fraction of sp³-hybridized carbons (Fsp3) is 0.188. The molecule has 1 N–H and O–H groups in total. The smallest absolute Gasteiger partial charge is 0.307 e. The van der Waals surface area contributed by atoms with Crippen molar-refractivity contribution < 1.29 is 9.53 Å². The summed E-state index contributed by atoms with van der Waals surface area (Å²) in [5, 5.41) is 3.37. The molecule has 1 atom stereocenters. The Kier molecular flexibility index (Phi) is 5.18. The maximum atomic E-state index is 11.6. The summed E-state index contributed by atoms with van der Waals surface area (Å²) in [5.41, 5.74) is 2.02. The fourth-order valence-electron chi connectivity index (χ4n) is 1.93. The van der Waals surface area contributed by atoms with E-state index in [4.69, 9.17) is 4.74 Å². The number of methoxy groups -OCH3 is 1. The maximum Gasteiger partial charge on any atom is 0.307 e. The summed E-state index contributed by atoms with van der Waals surface area (Å²) < 4.78 is 5.79. The Labute approximate surface area is 127 Å². The number of halogens is 1. The van der Waals surface area contributed by atoms with Crippen LogP contribution in [-0.2, 0) is 9.53 Å². The van der Waals surface area contributed by atoms with E-state index in [9.17, 15) is 4.79 Å². The third-order valence-electron chi connectivity index (χ3n) is 2.99. The Balaban J connectivity index is 2.18. The molecule has 0 saturated heterocycles. The van der Waals surface area contributed by atoms with Crippen molar-refractivity contribution in [1.29, 1.82) is 0 Å². The van der Waals surface area contributed by atoms with Gasteiger partial charge in [-0.05, 0) is 29.8 Å². The Morgan fingerprint density at radius 2 is 1.80 bits per heavy atom. The van der Waals surface area contributed by atoms with Gasteiger partial charge in [0, 0.05) is 10.2 Å². The number of rotatable bonds is 5. The number of carbonyl (C=O) groups excluding carboxylic acids is 1. The monoisotopic (exact) mass is 333 g/mol.